The maximum atomic E-state index is 12.3. The topological polar surface area (TPSA) is 59.5 Å². The van der Waals surface area contributed by atoms with Crippen LogP contribution in [0.25, 0.3) is 10.9 Å². The molecule has 0 saturated carbocycles. The van der Waals surface area contributed by atoms with Gasteiger partial charge in [-0.3, -0.25) is 4.98 Å². The zero-order valence-electron chi connectivity index (χ0n) is 12.5. The summed E-state index contributed by atoms with van der Waals surface area (Å²) in [6, 6.07) is 5.93. The highest BCUT2D eigenvalue weighted by molar-refractivity contribution is 14.1. The molecule has 1 aromatic carbocycles. The Hall–Kier alpha value is -0.930. The summed E-state index contributed by atoms with van der Waals surface area (Å²) < 4.78 is 31.2. The monoisotopic (exact) mass is 432 g/mol. The summed E-state index contributed by atoms with van der Waals surface area (Å²) in [5.41, 5.74) is 2.15. The molecule has 2 aromatic rings. The Morgan fingerprint density at radius 2 is 1.95 bits per heavy atom. The summed E-state index contributed by atoms with van der Waals surface area (Å²) in [7, 11) is -3.37. The van der Waals surface area contributed by atoms with Crippen molar-refractivity contribution in [2.24, 2.45) is 0 Å². The zero-order chi connectivity index (χ0) is 15.9. The molecular weight excluding hydrogens is 415 g/mol. The molecule has 0 unspecified atom stereocenters. The minimum Gasteiger partial charge on any atom is -0.378 e. The molecule has 5 nitrogen and oxygen atoms in total. The number of anilines is 1. The number of pyridine rings is 1. The fraction of sp³-hybridized carbons (Fsp3) is 0.400. The lowest BCUT2D eigenvalue weighted by atomic mass is 10.1. The summed E-state index contributed by atoms with van der Waals surface area (Å²) in [5, 5.41) is 0.889. The second-order valence-electron chi connectivity index (χ2n) is 5.41. The van der Waals surface area contributed by atoms with E-state index in [0.29, 0.717) is 36.9 Å². The number of halogens is 1. The molecule has 0 N–H and O–H groups in total. The average Bonchev–Trinajstić information content (AvgIpc) is 2.46. The smallest absolute Gasteiger partial charge is 0.179 e. The second-order valence-corrected chi connectivity index (χ2v) is 8.61. The second kappa shape index (κ2) is 5.93. The largest absolute Gasteiger partial charge is 0.378 e. The van der Waals surface area contributed by atoms with Gasteiger partial charge in [-0.15, -0.1) is 0 Å². The van der Waals surface area contributed by atoms with Crippen LogP contribution in [0.15, 0.2) is 23.1 Å². The summed E-state index contributed by atoms with van der Waals surface area (Å²) >= 11 is 2.24. The van der Waals surface area contributed by atoms with E-state index in [2.05, 4.69) is 32.5 Å². The number of aromatic nitrogens is 1. The van der Waals surface area contributed by atoms with Gasteiger partial charge in [0, 0.05) is 28.3 Å². The minimum absolute atomic E-state index is 0.337. The van der Waals surface area contributed by atoms with E-state index in [4.69, 9.17) is 4.74 Å². The number of aryl methyl sites for hydroxylation is 1. The SMILES string of the molecule is Cc1nc2ccc(I)cc2c(N2CCOCC2)c1S(C)(=O)=O. The number of hydrogen-bond donors (Lipinski definition) is 0. The van der Waals surface area contributed by atoms with Crippen molar-refractivity contribution in [3.05, 3.63) is 27.5 Å². The zero-order valence-corrected chi connectivity index (χ0v) is 15.4. The van der Waals surface area contributed by atoms with Gasteiger partial charge in [0.05, 0.1) is 30.1 Å². The first-order valence-electron chi connectivity index (χ1n) is 7.00. The van der Waals surface area contributed by atoms with Crippen molar-refractivity contribution in [3.63, 3.8) is 0 Å². The van der Waals surface area contributed by atoms with E-state index in [9.17, 15) is 8.42 Å². The third kappa shape index (κ3) is 2.93. The van der Waals surface area contributed by atoms with Crippen LogP contribution in [0.5, 0.6) is 0 Å². The molecule has 118 valence electrons. The lowest BCUT2D eigenvalue weighted by Crippen LogP contribution is -2.37. The van der Waals surface area contributed by atoms with Gasteiger partial charge in [0.1, 0.15) is 4.90 Å². The predicted molar refractivity (Wildman–Crippen MR) is 95.3 cm³/mol. The Morgan fingerprint density at radius 1 is 1.27 bits per heavy atom. The van der Waals surface area contributed by atoms with Crippen LogP contribution >= 0.6 is 22.6 Å². The van der Waals surface area contributed by atoms with Gasteiger partial charge in [0.15, 0.2) is 9.84 Å². The maximum Gasteiger partial charge on any atom is 0.179 e. The highest BCUT2D eigenvalue weighted by Crippen LogP contribution is 2.36. The number of fused-ring (bicyclic) bond motifs is 1. The van der Waals surface area contributed by atoms with Gasteiger partial charge >= 0.3 is 0 Å². The third-order valence-corrected chi connectivity index (χ3v) is 5.64. The van der Waals surface area contributed by atoms with Crippen molar-refractivity contribution in [2.75, 3.05) is 37.5 Å². The highest BCUT2D eigenvalue weighted by Gasteiger charge is 2.26. The number of rotatable bonds is 2. The Balaban J connectivity index is 2.38. The van der Waals surface area contributed by atoms with Crippen LogP contribution in [0, 0.1) is 10.5 Å². The van der Waals surface area contributed by atoms with Crippen molar-refractivity contribution in [1.82, 2.24) is 4.98 Å². The van der Waals surface area contributed by atoms with Crippen molar-refractivity contribution >= 4 is 49.0 Å². The van der Waals surface area contributed by atoms with E-state index in [0.717, 1.165) is 20.2 Å². The molecule has 0 bridgehead atoms. The standard InChI is InChI=1S/C15H17IN2O3S/c1-10-15(22(2,19)20)14(18-5-7-21-8-6-18)12-9-11(16)3-4-13(12)17-10/h3-4,9H,5-8H2,1-2H3. The van der Waals surface area contributed by atoms with Gasteiger partial charge in [-0.05, 0) is 47.7 Å². The molecule has 0 spiro atoms. The van der Waals surface area contributed by atoms with Crippen LogP contribution in [-0.4, -0.2) is 46.0 Å². The van der Waals surface area contributed by atoms with E-state index in [1.54, 1.807) is 6.92 Å². The first-order chi connectivity index (χ1) is 10.4. The lowest BCUT2D eigenvalue weighted by molar-refractivity contribution is 0.122. The summed E-state index contributed by atoms with van der Waals surface area (Å²) in [6.45, 7) is 4.35. The molecule has 1 saturated heterocycles. The van der Waals surface area contributed by atoms with Crippen LogP contribution in [0.2, 0.25) is 0 Å². The molecule has 1 aliphatic heterocycles. The molecule has 1 aromatic heterocycles. The fourth-order valence-corrected chi connectivity index (χ4v) is 4.53. The molecule has 7 heteroatoms. The Kier molecular flexibility index (Phi) is 4.30. The van der Waals surface area contributed by atoms with Crippen LogP contribution in [-0.2, 0) is 14.6 Å². The van der Waals surface area contributed by atoms with E-state index >= 15 is 0 Å². The van der Waals surface area contributed by atoms with E-state index < -0.39 is 9.84 Å². The molecule has 3 rings (SSSR count). The third-order valence-electron chi connectivity index (χ3n) is 3.74. The highest BCUT2D eigenvalue weighted by atomic mass is 127. The summed E-state index contributed by atoms with van der Waals surface area (Å²) in [4.78, 5) is 6.94. The van der Waals surface area contributed by atoms with Crippen LogP contribution in [0.4, 0.5) is 5.69 Å². The first-order valence-corrected chi connectivity index (χ1v) is 9.97. The van der Waals surface area contributed by atoms with E-state index in [1.807, 2.05) is 18.2 Å². The number of hydrogen-bond acceptors (Lipinski definition) is 5. The van der Waals surface area contributed by atoms with Gasteiger partial charge < -0.3 is 9.64 Å². The summed E-state index contributed by atoms with van der Waals surface area (Å²) in [6.07, 6.45) is 1.25. The average molecular weight is 432 g/mol. The molecule has 0 atom stereocenters. The number of sulfone groups is 1. The van der Waals surface area contributed by atoms with Gasteiger partial charge in [-0.2, -0.15) is 0 Å². The van der Waals surface area contributed by atoms with Crippen LogP contribution in [0.1, 0.15) is 5.69 Å². The lowest BCUT2D eigenvalue weighted by Gasteiger charge is -2.31. The van der Waals surface area contributed by atoms with Crippen LogP contribution < -0.4 is 4.90 Å². The molecule has 0 aliphatic carbocycles. The fourth-order valence-electron chi connectivity index (χ4n) is 2.87. The van der Waals surface area contributed by atoms with E-state index in [1.165, 1.54) is 6.26 Å². The molecule has 1 aliphatic rings. The summed E-state index contributed by atoms with van der Waals surface area (Å²) in [5.74, 6) is 0. The number of benzene rings is 1. The maximum absolute atomic E-state index is 12.3. The van der Waals surface area contributed by atoms with Gasteiger partial charge in [-0.25, -0.2) is 8.42 Å². The molecule has 22 heavy (non-hydrogen) atoms. The Labute approximate surface area is 143 Å². The molecule has 1 fully saturated rings. The van der Waals surface area contributed by atoms with Crippen molar-refractivity contribution in [3.8, 4) is 0 Å². The minimum atomic E-state index is -3.37. The van der Waals surface area contributed by atoms with Crippen LogP contribution in [0.3, 0.4) is 0 Å². The normalized spacial score (nSPS) is 16.2. The van der Waals surface area contributed by atoms with Gasteiger partial charge in [-0.1, -0.05) is 0 Å². The quantitative estimate of drug-likeness (QED) is 0.683. The molecular formula is C15H17IN2O3S. The Morgan fingerprint density at radius 3 is 2.59 bits per heavy atom. The number of nitrogens with zero attached hydrogens (tertiary/aromatic N) is 2. The molecule has 0 amide bonds. The van der Waals surface area contributed by atoms with Gasteiger partial charge in [0.25, 0.3) is 0 Å². The first kappa shape index (κ1) is 15.9. The van der Waals surface area contributed by atoms with E-state index in [-0.39, 0.29) is 0 Å². The van der Waals surface area contributed by atoms with Gasteiger partial charge in [0.2, 0.25) is 0 Å². The molecule has 0 radical (unpaired) electrons. The Bertz CT molecular complexity index is 830. The van der Waals surface area contributed by atoms with Crippen molar-refractivity contribution in [2.45, 2.75) is 11.8 Å². The van der Waals surface area contributed by atoms with Crippen molar-refractivity contribution < 1.29 is 13.2 Å². The molecule has 2 heterocycles. The number of morpholine rings is 1. The van der Waals surface area contributed by atoms with Crippen molar-refractivity contribution in [1.29, 1.82) is 0 Å². The number of ether oxygens (including phenoxy) is 1. The predicted octanol–water partition coefficient (Wildman–Crippen LogP) is 2.39.